The first-order chi connectivity index (χ1) is 13.0. The van der Waals surface area contributed by atoms with Gasteiger partial charge in [-0.1, -0.05) is 19.1 Å². The van der Waals surface area contributed by atoms with Gasteiger partial charge < -0.3 is 19.5 Å². The average Bonchev–Trinajstić information content (AvgIpc) is 2.68. The molecule has 5 nitrogen and oxygen atoms in total. The molecule has 0 aromatic heterocycles. The van der Waals surface area contributed by atoms with Gasteiger partial charge in [0.25, 0.3) is 5.91 Å². The van der Waals surface area contributed by atoms with E-state index < -0.39 is 6.10 Å². The quantitative estimate of drug-likeness (QED) is 0.833. The van der Waals surface area contributed by atoms with Gasteiger partial charge in [0.05, 0.1) is 6.04 Å². The van der Waals surface area contributed by atoms with Crippen molar-refractivity contribution in [2.24, 2.45) is 0 Å². The molecule has 27 heavy (non-hydrogen) atoms. The number of aryl methyl sites for hydroxylation is 2. The van der Waals surface area contributed by atoms with E-state index in [0.717, 1.165) is 22.6 Å². The molecule has 144 valence electrons. The van der Waals surface area contributed by atoms with Crippen LogP contribution >= 0.6 is 0 Å². The number of amides is 1. The smallest absolute Gasteiger partial charge is 0.261 e. The zero-order chi connectivity index (χ0) is 19.4. The van der Waals surface area contributed by atoms with E-state index in [1.807, 2.05) is 57.2 Å². The van der Waals surface area contributed by atoms with Crippen molar-refractivity contribution in [2.75, 3.05) is 13.2 Å². The molecule has 0 bridgehead atoms. The molecule has 0 spiro atoms. The molecular formula is C22H27NO4. The van der Waals surface area contributed by atoms with Gasteiger partial charge in [-0.05, 0) is 68.1 Å². The van der Waals surface area contributed by atoms with Crippen molar-refractivity contribution in [3.63, 3.8) is 0 Å². The zero-order valence-corrected chi connectivity index (χ0v) is 16.4. The first-order valence-corrected chi connectivity index (χ1v) is 9.41. The third-order valence-corrected chi connectivity index (χ3v) is 4.84. The number of rotatable bonds is 6. The van der Waals surface area contributed by atoms with E-state index in [0.29, 0.717) is 25.4 Å². The van der Waals surface area contributed by atoms with Crippen LogP contribution in [0.15, 0.2) is 36.4 Å². The highest BCUT2D eigenvalue weighted by molar-refractivity contribution is 5.81. The Morgan fingerprint density at radius 1 is 1.07 bits per heavy atom. The maximum absolute atomic E-state index is 12.7. The summed E-state index contributed by atoms with van der Waals surface area (Å²) in [5, 5.41) is 3.04. The summed E-state index contributed by atoms with van der Waals surface area (Å²) in [5.41, 5.74) is 3.31. The van der Waals surface area contributed by atoms with Crippen molar-refractivity contribution in [3.8, 4) is 17.2 Å². The topological polar surface area (TPSA) is 56.8 Å². The summed E-state index contributed by atoms with van der Waals surface area (Å²) < 4.78 is 17.1. The first kappa shape index (κ1) is 19.1. The van der Waals surface area contributed by atoms with Crippen LogP contribution in [0.4, 0.5) is 0 Å². The SMILES string of the molecule is CC[C@@H](Oc1ccc(C)c(C)c1)C(=O)N[C@@H](C)c1ccc2c(c1)OCCO2. The van der Waals surface area contributed by atoms with E-state index in [9.17, 15) is 4.79 Å². The summed E-state index contributed by atoms with van der Waals surface area (Å²) in [6, 6.07) is 11.5. The van der Waals surface area contributed by atoms with Gasteiger partial charge in [-0.2, -0.15) is 0 Å². The van der Waals surface area contributed by atoms with Gasteiger partial charge in [0, 0.05) is 0 Å². The van der Waals surface area contributed by atoms with Crippen molar-refractivity contribution >= 4 is 5.91 Å². The van der Waals surface area contributed by atoms with Crippen LogP contribution in [0.2, 0.25) is 0 Å². The van der Waals surface area contributed by atoms with Crippen molar-refractivity contribution < 1.29 is 19.0 Å². The second-order valence-corrected chi connectivity index (χ2v) is 6.89. The monoisotopic (exact) mass is 369 g/mol. The Balaban J connectivity index is 1.66. The lowest BCUT2D eigenvalue weighted by molar-refractivity contribution is -0.128. The summed E-state index contributed by atoms with van der Waals surface area (Å²) >= 11 is 0. The van der Waals surface area contributed by atoms with Gasteiger partial charge in [0.15, 0.2) is 17.6 Å². The van der Waals surface area contributed by atoms with Crippen molar-refractivity contribution in [3.05, 3.63) is 53.1 Å². The van der Waals surface area contributed by atoms with Crippen LogP contribution in [-0.2, 0) is 4.79 Å². The fraction of sp³-hybridized carbons (Fsp3) is 0.409. The average molecular weight is 369 g/mol. The van der Waals surface area contributed by atoms with Crippen LogP contribution in [-0.4, -0.2) is 25.2 Å². The van der Waals surface area contributed by atoms with E-state index >= 15 is 0 Å². The maximum Gasteiger partial charge on any atom is 0.261 e. The molecule has 1 N–H and O–H groups in total. The fourth-order valence-corrected chi connectivity index (χ4v) is 2.99. The molecule has 0 fully saturated rings. The van der Waals surface area contributed by atoms with E-state index in [-0.39, 0.29) is 11.9 Å². The van der Waals surface area contributed by atoms with Gasteiger partial charge in [0.2, 0.25) is 0 Å². The van der Waals surface area contributed by atoms with Crippen molar-refractivity contribution in [2.45, 2.75) is 46.3 Å². The lowest BCUT2D eigenvalue weighted by atomic mass is 10.1. The molecule has 1 aliphatic rings. The largest absolute Gasteiger partial charge is 0.486 e. The minimum Gasteiger partial charge on any atom is -0.486 e. The summed E-state index contributed by atoms with van der Waals surface area (Å²) in [4.78, 5) is 12.7. The Labute approximate surface area is 160 Å². The molecule has 5 heteroatoms. The molecule has 0 unspecified atom stereocenters. The molecule has 3 rings (SSSR count). The highest BCUT2D eigenvalue weighted by atomic mass is 16.6. The van der Waals surface area contributed by atoms with Crippen LogP contribution in [0.5, 0.6) is 17.2 Å². The minimum atomic E-state index is -0.535. The van der Waals surface area contributed by atoms with Crippen LogP contribution < -0.4 is 19.5 Å². The third-order valence-electron chi connectivity index (χ3n) is 4.84. The molecule has 2 atom stereocenters. The lowest BCUT2D eigenvalue weighted by Gasteiger charge is -2.23. The minimum absolute atomic E-state index is 0.127. The number of hydrogen-bond donors (Lipinski definition) is 1. The number of carbonyl (C=O) groups excluding carboxylic acids is 1. The standard InChI is InChI=1S/C22H27NO4/c1-5-19(27-18-8-6-14(2)15(3)12-18)22(24)23-16(4)17-7-9-20-21(13-17)26-11-10-25-20/h6-9,12-13,16,19H,5,10-11H2,1-4H3,(H,23,24)/t16-,19+/m0/s1. The fourth-order valence-electron chi connectivity index (χ4n) is 2.99. The number of nitrogens with one attached hydrogen (secondary N) is 1. The second-order valence-electron chi connectivity index (χ2n) is 6.89. The number of carbonyl (C=O) groups is 1. The first-order valence-electron chi connectivity index (χ1n) is 9.41. The Hall–Kier alpha value is -2.69. The highest BCUT2D eigenvalue weighted by Gasteiger charge is 2.22. The van der Waals surface area contributed by atoms with Crippen LogP contribution in [0.3, 0.4) is 0 Å². The lowest BCUT2D eigenvalue weighted by Crippen LogP contribution is -2.39. The number of fused-ring (bicyclic) bond motifs is 1. The predicted octanol–water partition coefficient (Wildman–Crippen LogP) is 4.11. The molecule has 2 aromatic carbocycles. The molecule has 0 aliphatic carbocycles. The van der Waals surface area contributed by atoms with Gasteiger partial charge in [-0.25, -0.2) is 0 Å². The number of hydrogen-bond acceptors (Lipinski definition) is 4. The molecule has 0 radical (unpaired) electrons. The van der Waals surface area contributed by atoms with E-state index in [1.54, 1.807) is 0 Å². The summed E-state index contributed by atoms with van der Waals surface area (Å²) in [6.07, 6.45) is 0.0545. The molecular weight excluding hydrogens is 342 g/mol. The highest BCUT2D eigenvalue weighted by Crippen LogP contribution is 2.32. The zero-order valence-electron chi connectivity index (χ0n) is 16.4. The Kier molecular flexibility index (Phi) is 5.89. The Morgan fingerprint density at radius 3 is 2.52 bits per heavy atom. The van der Waals surface area contributed by atoms with Crippen LogP contribution in [0.25, 0.3) is 0 Å². The summed E-state index contributed by atoms with van der Waals surface area (Å²) in [7, 11) is 0. The molecule has 0 saturated heterocycles. The normalized spacial score (nSPS) is 15.0. The molecule has 1 amide bonds. The molecule has 0 saturated carbocycles. The molecule has 1 heterocycles. The van der Waals surface area contributed by atoms with Gasteiger partial charge in [-0.3, -0.25) is 4.79 Å². The van der Waals surface area contributed by atoms with E-state index in [1.165, 1.54) is 5.56 Å². The third kappa shape index (κ3) is 4.54. The number of ether oxygens (including phenoxy) is 3. The maximum atomic E-state index is 12.7. The Morgan fingerprint density at radius 2 is 1.81 bits per heavy atom. The van der Waals surface area contributed by atoms with E-state index in [2.05, 4.69) is 12.2 Å². The molecule has 1 aliphatic heterocycles. The Bertz CT molecular complexity index is 818. The number of benzene rings is 2. The van der Waals surface area contributed by atoms with Crippen LogP contribution in [0, 0.1) is 13.8 Å². The molecule has 2 aromatic rings. The van der Waals surface area contributed by atoms with Crippen molar-refractivity contribution in [1.29, 1.82) is 0 Å². The van der Waals surface area contributed by atoms with Crippen LogP contribution in [0.1, 0.15) is 43.0 Å². The second kappa shape index (κ2) is 8.33. The predicted molar refractivity (Wildman–Crippen MR) is 105 cm³/mol. The summed E-state index contributed by atoms with van der Waals surface area (Å²) in [6.45, 7) is 9.09. The van der Waals surface area contributed by atoms with Crippen molar-refractivity contribution in [1.82, 2.24) is 5.32 Å². The van der Waals surface area contributed by atoms with E-state index in [4.69, 9.17) is 14.2 Å². The van der Waals surface area contributed by atoms with Gasteiger partial charge >= 0.3 is 0 Å². The van der Waals surface area contributed by atoms with Gasteiger partial charge in [0.1, 0.15) is 19.0 Å². The van der Waals surface area contributed by atoms with Gasteiger partial charge in [-0.15, -0.1) is 0 Å². The summed E-state index contributed by atoms with van der Waals surface area (Å²) in [5.74, 6) is 2.05.